The number of nitrogens with one attached hydrogen (secondary N) is 1. The largest absolute Gasteiger partial charge is 0.493 e. The molecule has 1 aliphatic heterocycles. The quantitative estimate of drug-likeness (QED) is 0.806. The van der Waals surface area contributed by atoms with Crippen LogP contribution in [-0.2, 0) is 11.3 Å². The number of likely N-dealkylation sites (N-methyl/N-ethyl adjacent to an activating group) is 1. The molecule has 3 rings (SSSR count). The van der Waals surface area contributed by atoms with Gasteiger partial charge in [-0.05, 0) is 49.4 Å². The van der Waals surface area contributed by atoms with Gasteiger partial charge >= 0.3 is 0 Å². The van der Waals surface area contributed by atoms with Gasteiger partial charge in [-0.3, -0.25) is 9.69 Å². The number of ether oxygens (including phenoxy) is 4. The highest BCUT2D eigenvalue weighted by atomic mass is 16.7. The summed E-state index contributed by atoms with van der Waals surface area (Å²) in [6.07, 6.45) is 0. The first-order chi connectivity index (χ1) is 13.0. The molecule has 0 saturated heterocycles. The minimum atomic E-state index is -0.102. The highest BCUT2D eigenvalue weighted by molar-refractivity contribution is 5.92. The monoisotopic (exact) mass is 372 g/mol. The van der Waals surface area contributed by atoms with Crippen molar-refractivity contribution in [3.8, 4) is 23.0 Å². The number of rotatable bonds is 7. The van der Waals surface area contributed by atoms with Gasteiger partial charge in [0.15, 0.2) is 23.0 Å². The Kier molecular flexibility index (Phi) is 5.71. The zero-order chi connectivity index (χ0) is 19.4. The van der Waals surface area contributed by atoms with Gasteiger partial charge in [-0.1, -0.05) is 0 Å². The van der Waals surface area contributed by atoms with Crippen molar-refractivity contribution in [3.05, 3.63) is 41.5 Å². The lowest BCUT2D eigenvalue weighted by Gasteiger charge is -2.19. The highest BCUT2D eigenvalue weighted by Gasteiger charge is 2.15. The van der Waals surface area contributed by atoms with Crippen LogP contribution in [0.4, 0.5) is 5.69 Å². The van der Waals surface area contributed by atoms with E-state index in [1.165, 1.54) is 0 Å². The van der Waals surface area contributed by atoms with E-state index in [4.69, 9.17) is 18.9 Å². The Bertz CT molecular complexity index is 837. The summed E-state index contributed by atoms with van der Waals surface area (Å²) in [5.41, 5.74) is 2.83. The van der Waals surface area contributed by atoms with Crippen LogP contribution in [0.2, 0.25) is 0 Å². The van der Waals surface area contributed by atoms with Crippen molar-refractivity contribution in [2.75, 3.05) is 39.9 Å². The standard InChI is InChI=1S/C20H24N2O5/c1-13-7-17(24-3)18(25-4)8-14(13)10-22(2)11-20(23)21-15-5-6-16-19(9-15)27-12-26-16/h5-9H,10-12H2,1-4H3,(H,21,23). The summed E-state index contributed by atoms with van der Waals surface area (Å²) >= 11 is 0. The average molecular weight is 372 g/mol. The van der Waals surface area contributed by atoms with Crippen molar-refractivity contribution >= 4 is 11.6 Å². The van der Waals surface area contributed by atoms with E-state index >= 15 is 0 Å². The molecule has 0 unspecified atom stereocenters. The zero-order valence-corrected chi connectivity index (χ0v) is 16.0. The van der Waals surface area contributed by atoms with Crippen LogP contribution in [0.5, 0.6) is 23.0 Å². The average Bonchev–Trinajstić information content (AvgIpc) is 3.10. The Balaban J connectivity index is 1.60. The highest BCUT2D eigenvalue weighted by Crippen LogP contribution is 2.34. The Morgan fingerprint density at radius 1 is 1.11 bits per heavy atom. The summed E-state index contributed by atoms with van der Waals surface area (Å²) in [5, 5.41) is 2.88. The van der Waals surface area contributed by atoms with Crippen LogP contribution in [0.15, 0.2) is 30.3 Å². The molecule has 1 amide bonds. The summed E-state index contributed by atoms with van der Waals surface area (Å²) in [4.78, 5) is 14.3. The maximum Gasteiger partial charge on any atom is 0.238 e. The molecule has 1 aliphatic rings. The van der Waals surface area contributed by atoms with E-state index < -0.39 is 0 Å². The van der Waals surface area contributed by atoms with Crippen LogP contribution >= 0.6 is 0 Å². The van der Waals surface area contributed by atoms with E-state index in [9.17, 15) is 4.79 Å². The molecule has 0 fully saturated rings. The molecule has 2 aromatic rings. The molecule has 2 aromatic carbocycles. The molecule has 0 atom stereocenters. The molecular formula is C20H24N2O5. The number of carbonyl (C=O) groups is 1. The van der Waals surface area contributed by atoms with Gasteiger partial charge in [0, 0.05) is 18.3 Å². The maximum absolute atomic E-state index is 12.4. The Hall–Kier alpha value is -2.93. The number of fused-ring (bicyclic) bond motifs is 1. The predicted octanol–water partition coefficient (Wildman–Crippen LogP) is 2.81. The molecule has 0 spiro atoms. The van der Waals surface area contributed by atoms with E-state index in [-0.39, 0.29) is 19.2 Å². The molecule has 144 valence electrons. The summed E-state index contributed by atoms with van der Waals surface area (Å²) in [6, 6.07) is 9.23. The first kappa shape index (κ1) is 18.8. The fourth-order valence-electron chi connectivity index (χ4n) is 2.96. The number of anilines is 1. The number of hydrogen-bond donors (Lipinski definition) is 1. The first-order valence-electron chi connectivity index (χ1n) is 8.59. The molecule has 0 radical (unpaired) electrons. The van der Waals surface area contributed by atoms with E-state index in [2.05, 4.69) is 5.32 Å². The van der Waals surface area contributed by atoms with Crippen LogP contribution < -0.4 is 24.3 Å². The normalized spacial score (nSPS) is 12.2. The van der Waals surface area contributed by atoms with Crippen molar-refractivity contribution in [1.29, 1.82) is 0 Å². The van der Waals surface area contributed by atoms with Gasteiger partial charge in [0.25, 0.3) is 0 Å². The molecule has 1 N–H and O–H groups in total. The van der Waals surface area contributed by atoms with E-state index in [1.54, 1.807) is 32.4 Å². The van der Waals surface area contributed by atoms with Gasteiger partial charge < -0.3 is 24.3 Å². The molecule has 7 nitrogen and oxygen atoms in total. The van der Waals surface area contributed by atoms with Gasteiger partial charge in [0.1, 0.15) is 0 Å². The van der Waals surface area contributed by atoms with Crippen molar-refractivity contribution in [3.63, 3.8) is 0 Å². The molecular weight excluding hydrogens is 348 g/mol. The van der Waals surface area contributed by atoms with Crippen LogP contribution in [0.1, 0.15) is 11.1 Å². The minimum Gasteiger partial charge on any atom is -0.493 e. The lowest BCUT2D eigenvalue weighted by molar-refractivity contribution is -0.117. The Morgan fingerprint density at radius 2 is 1.81 bits per heavy atom. The van der Waals surface area contributed by atoms with Crippen LogP contribution in [0.3, 0.4) is 0 Å². The van der Waals surface area contributed by atoms with Crippen molar-refractivity contribution in [2.45, 2.75) is 13.5 Å². The fourth-order valence-corrected chi connectivity index (χ4v) is 2.96. The molecule has 27 heavy (non-hydrogen) atoms. The third kappa shape index (κ3) is 4.43. The Morgan fingerprint density at radius 3 is 2.56 bits per heavy atom. The second-order valence-electron chi connectivity index (χ2n) is 6.42. The summed E-state index contributed by atoms with van der Waals surface area (Å²) in [7, 11) is 5.12. The second-order valence-corrected chi connectivity index (χ2v) is 6.42. The number of hydrogen-bond acceptors (Lipinski definition) is 6. The van der Waals surface area contributed by atoms with Gasteiger partial charge in [-0.15, -0.1) is 0 Å². The molecule has 0 bridgehead atoms. The number of benzene rings is 2. The Labute approximate surface area is 158 Å². The smallest absolute Gasteiger partial charge is 0.238 e. The summed E-state index contributed by atoms with van der Waals surface area (Å²) < 4.78 is 21.3. The molecule has 7 heteroatoms. The SMILES string of the molecule is COc1cc(C)c(CN(C)CC(=O)Nc2ccc3c(c2)OCO3)cc1OC. The van der Waals surface area contributed by atoms with E-state index in [1.807, 2.05) is 31.0 Å². The summed E-state index contributed by atoms with van der Waals surface area (Å²) in [5.74, 6) is 2.60. The maximum atomic E-state index is 12.4. The first-order valence-corrected chi connectivity index (χ1v) is 8.59. The topological polar surface area (TPSA) is 69.3 Å². The number of aryl methyl sites for hydroxylation is 1. The third-order valence-corrected chi connectivity index (χ3v) is 4.35. The van der Waals surface area contributed by atoms with Gasteiger partial charge in [0.2, 0.25) is 12.7 Å². The van der Waals surface area contributed by atoms with Crippen LogP contribution in [0, 0.1) is 6.92 Å². The number of methoxy groups -OCH3 is 2. The van der Waals surface area contributed by atoms with Crippen molar-refractivity contribution < 1.29 is 23.7 Å². The summed E-state index contributed by atoms with van der Waals surface area (Å²) in [6.45, 7) is 3.08. The predicted molar refractivity (Wildman–Crippen MR) is 102 cm³/mol. The molecule has 0 aliphatic carbocycles. The number of nitrogens with zero attached hydrogens (tertiary/aromatic N) is 1. The second kappa shape index (κ2) is 8.18. The molecule has 0 saturated carbocycles. The zero-order valence-electron chi connectivity index (χ0n) is 16.0. The van der Waals surface area contributed by atoms with Crippen LogP contribution in [0.25, 0.3) is 0 Å². The van der Waals surface area contributed by atoms with Crippen LogP contribution in [-0.4, -0.2) is 45.4 Å². The lowest BCUT2D eigenvalue weighted by atomic mass is 10.1. The third-order valence-electron chi connectivity index (χ3n) is 4.35. The van der Waals surface area contributed by atoms with Gasteiger partial charge in [0.05, 0.1) is 20.8 Å². The van der Waals surface area contributed by atoms with Crippen molar-refractivity contribution in [2.24, 2.45) is 0 Å². The molecule has 1 heterocycles. The van der Waals surface area contributed by atoms with Gasteiger partial charge in [-0.25, -0.2) is 0 Å². The van der Waals surface area contributed by atoms with Gasteiger partial charge in [-0.2, -0.15) is 0 Å². The molecule has 0 aromatic heterocycles. The van der Waals surface area contributed by atoms with E-state index in [0.717, 1.165) is 11.1 Å². The fraction of sp³-hybridized carbons (Fsp3) is 0.350. The van der Waals surface area contributed by atoms with E-state index in [0.29, 0.717) is 35.2 Å². The van der Waals surface area contributed by atoms with Crippen molar-refractivity contribution in [1.82, 2.24) is 4.90 Å². The lowest BCUT2D eigenvalue weighted by Crippen LogP contribution is -2.30. The number of carbonyl (C=O) groups excluding carboxylic acids is 1. The number of amides is 1. The minimum absolute atomic E-state index is 0.102.